The smallest absolute Gasteiger partial charge is 0.323 e. The normalized spacial score (nSPS) is 11.4. The monoisotopic (exact) mass is 185 g/mol. The molecule has 0 fully saturated rings. The van der Waals surface area contributed by atoms with Gasteiger partial charge < -0.3 is 15.6 Å². The molecular formula is C8H11NO4. The van der Waals surface area contributed by atoms with Crippen LogP contribution in [0.5, 0.6) is 0 Å². The maximum Gasteiger partial charge on any atom is 0.323 e. The molecule has 0 bridgehead atoms. The van der Waals surface area contributed by atoms with Crippen LogP contribution in [0.25, 0.3) is 0 Å². The van der Waals surface area contributed by atoms with Gasteiger partial charge in [0.05, 0.1) is 0 Å². The second-order valence-corrected chi connectivity index (χ2v) is 2.35. The first-order valence-electron chi connectivity index (χ1n) is 3.65. The van der Waals surface area contributed by atoms with E-state index in [2.05, 4.69) is 10.7 Å². The number of ether oxygens (including phenoxy) is 1. The summed E-state index contributed by atoms with van der Waals surface area (Å²) in [6.45, 7) is -0.139. The van der Waals surface area contributed by atoms with Crippen LogP contribution in [0.3, 0.4) is 0 Å². The summed E-state index contributed by atoms with van der Waals surface area (Å²) in [7, 11) is 0. The third-order valence-electron chi connectivity index (χ3n) is 1.27. The predicted molar refractivity (Wildman–Crippen MR) is 44.6 cm³/mol. The number of carboxylic acids is 1. The van der Waals surface area contributed by atoms with Gasteiger partial charge in [-0.1, -0.05) is 5.92 Å². The summed E-state index contributed by atoms with van der Waals surface area (Å²) < 4.78 is 4.49. The Hall–Kier alpha value is -1.54. The maximum atomic E-state index is 10.9. The van der Waals surface area contributed by atoms with Gasteiger partial charge in [0.15, 0.2) is 6.61 Å². The summed E-state index contributed by atoms with van der Waals surface area (Å²) >= 11 is 0. The average molecular weight is 185 g/mol. The Kier molecular flexibility index (Phi) is 5.32. The van der Waals surface area contributed by atoms with E-state index in [-0.39, 0.29) is 19.4 Å². The summed E-state index contributed by atoms with van der Waals surface area (Å²) in [5.41, 5.74) is 5.30. The van der Waals surface area contributed by atoms with Gasteiger partial charge in [0.25, 0.3) is 0 Å². The lowest BCUT2D eigenvalue weighted by atomic mass is 10.2. The zero-order chi connectivity index (χ0) is 10.3. The lowest BCUT2D eigenvalue weighted by molar-refractivity contribution is -0.144. The van der Waals surface area contributed by atoms with Crippen molar-refractivity contribution in [2.45, 2.75) is 18.9 Å². The first-order chi connectivity index (χ1) is 6.07. The molecule has 0 saturated heterocycles. The number of terminal acetylenes is 1. The average Bonchev–Trinajstić information content (AvgIpc) is 2.10. The van der Waals surface area contributed by atoms with Gasteiger partial charge in [-0.2, -0.15) is 0 Å². The maximum absolute atomic E-state index is 10.9. The van der Waals surface area contributed by atoms with Crippen molar-refractivity contribution in [3.8, 4) is 12.3 Å². The summed E-state index contributed by atoms with van der Waals surface area (Å²) in [6, 6.07) is -0.913. The van der Waals surface area contributed by atoms with Gasteiger partial charge >= 0.3 is 11.9 Å². The highest BCUT2D eigenvalue weighted by molar-refractivity contribution is 5.76. The molecule has 72 valence electrons. The highest BCUT2D eigenvalue weighted by Crippen LogP contribution is 1.96. The minimum atomic E-state index is -1.000. The Bertz CT molecular complexity index is 231. The highest BCUT2D eigenvalue weighted by Gasteiger charge is 2.15. The Morgan fingerprint density at radius 1 is 1.62 bits per heavy atom. The topological polar surface area (TPSA) is 89.6 Å². The summed E-state index contributed by atoms with van der Waals surface area (Å²) in [5.74, 6) is 0.436. The Labute approximate surface area is 75.9 Å². The van der Waals surface area contributed by atoms with Crippen LogP contribution < -0.4 is 5.73 Å². The molecule has 0 radical (unpaired) electrons. The zero-order valence-electron chi connectivity index (χ0n) is 7.03. The van der Waals surface area contributed by atoms with E-state index in [9.17, 15) is 9.59 Å². The molecule has 5 nitrogen and oxygen atoms in total. The van der Waals surface area contributed by atoms with Crippen LogP contribution in [0.2, 0.25) is 0 Å². The molecule has 0 aliphatic rings. The second-order valence-electron chi connectivity index (χ2n) is 2.35. The van der Waals surface area contributed by atoms with Crippen molar-refractivity contribution in [3.05, 3.63) is 0 Å². The molecule has 0 aliphatic carbocycles. The molecule has 1 unspecified atom stereocenters. The van der Waals surface area contributed by atoms with Gasteiger partial charge in [-0.05, 0) is 6.42 Å². The predicted octanol–water partition coefficient (Wildman–Crippen LogP) is -0.645. The fraction of sp³-hybridized carbons (Fsp3) is 0.500. The van der Waals surface area contributed by atoms with Gasteiger partial charge in [0.2, 0.25) is 0 Å². The van der Waals surface area contributed by atoms with Crippen LogP contribution >= 0.6 is 0 Å². The van der Waals surface area contributed by atoms with Crippen molar-refractivity contribution in [2.24, 2.45) is 5.73 Å². The van der Waals surface area contributed by atoms with Crippen LogP contribution in [0.4, 0.5) is 0 Å². The number of esters is 1. The lowest BCUT2D eigenvalue weighted by Gasteiger charge is -2.07. The van der Waals surface area contributed by atoms with E-state index < -0.39 is 18.0 Å². The molecule has 0 aromatic carbocycles. The molecule has 0 spiro atoms. The Morgan fingerprint density at radius 2 is 2.23 bits per heavy atom. The quantitative estimate of drug-likeness (QED) is 0.439. The van der Waals surface area contributed by atoms with Crippen LogP contribution in [0.15, 0.2) is 0 Å². The standard InChI is InChI=1S/C8H11NO4/c1-2-5-13-8(12)6(9)3-4-7(10)11/h1,6H,3-5,9H2,(H,10,11). The first-order valence-corrected chi connectivity index (χ1v) is 3.65. The number of nitrogens with two attached hydrogens (primary N) is 1. The Morgan fingerprint density at radius 3 is 2.69 bits per heavy atom. The van der Waals surface area contributed by atoms with Gasteiger partial charge in [-0.3, -0.25) is 9.59 Å². The zero-order valence-corrected chi connectivity index (χ0v) is 7.03. The number of carboxylic acid groups (broad SMARTS) is 1. The van der Waals surface area contributed by atoms with E-state index in [1.54, 1.807) is 0 Å². The third kappa shape index (κ3) is 5.70. The largest absolute Gasteiger partial charge is 0.481 e. The number of carbonyl (C=O) groups is 2. The number of carbonyl (C=O) groups excluding carboxylic acids is 1. The summed E-state index contributed by atoms with van der Waals surface area (Å²) in [5, 5.41) is 8.28. The van der Waals surface area contributed by atoms with E-state index in [1.807, 2.05) is 0 Å². The number of aliphatic carboxylic acids is 1. The highest BCUT2D eigenvalue weighted by atomic mass is 16.5. The van der Waals surface area contributed by atoms with Crippen LogP contribution in [-0.2, 0) is 14.3 Å². The van der Waals surface area contributed by atoms with Crippen molar-refractivity contribution in [1.29, 1.82) is 0 Å². The van der Waals surface area contributed by atoms with Gasteiger partial charge in [-0.15, -0.1) is 6.42 Å². The van der Waals surface area contributed by atoms with Crippen molar-refractivity contribution in [3.63, 3.8) is 0 Å². The van der Waals surface area contributed by atoms with E-state index in [0.717, 1.165) is 0 Å². The molecule has 0 heterocycles. The molecule has 0 aromatic heterocycles. The van der Waals surface area contributed by atoms with E-state index >= 15 is 0 Å². The van der Waals surface area contributed by atoms with Crippen LogP contribution in [-0.4, -0.2) is 29.7 Å². The number of hydrogen-bond acceptors (Lipinski definition) is 4. The minimum Gasteiger partial charge on any atom is -0.481 e. The lowest BCUT2D eigenvalue weighted by Crippen LogP contribution is -2.32. The molecule has 0 amide bonds. The Balaban J connectivity index is 3.70. The molecule has 5 heteroatoms. The van der Waals surface area contributed by atoms with E-state index in [0.29, 0.717) is 0 Å². The van der Waals surface area contributed by atoms with E-state index in [4.69, 9.17) is 17.3 Å². The number of hydrogen-bond donors (Lipinski definition) is 2. The molecular weight excluding hydrogens is 174 g/mol. The van der Waals surface area contributed by atoms with Crippen LogP contribution in [0.1, 0.15) is 12.8 Å². The molecule has 3 N–H and O–H groups in total. The third-order valence-corrected chi connectivity index (χ3v) is 1.27. The van der Waals surface area contributed by atoms with Crippen LogP contribution in [0, 0.1) is 12.3 Å². The molecule has 13 heavy (non-hydrogen) atoms. The first kappa shape index (κ1) is 11.5. The molecule has 0 rings (SSSR count). The fourth-order valence-corrected chi connectivity index (χ4v) is 0.617. The number of rotatable bonds is 5. The van der Waals surface area contributed by atoms with Crippen molar-refractivity contribution >= 4 is 11.9 Å². The second kappa shape index (κ2) is 6.03. The van der Waals surface area contributed by atoms with Gasteiger partial charge in [0.1, 0.15) is 6.04 Å². The summed E-state index contributed by atoms with van der Waals surface area (Å²) in [4.78, 5) is 21.0. The molecule has 0 aliphatic heterocycles. The molecule has 1 atom stereocenters. The minimum absolute atomic E-state index is 0.0543. The fourth-order valence-electron chi connectivity index (χ4n) is 0.617. The van der Waals surface area contributed by atoms with Crippen molar-refractivity contribution in [1.82, 2.24) is 0 Å². The summed E-state index contributed by atoms with van der Waals surface area (Å²) in [6.07, 6.45) is 4.73. The van der Waals surface area contributed by atoms with Crippen molar-refractivity contribution in [2.75, 3.05) is 6.61 Å². The molecule has 0 saturated carbocycles. The van der Waals surface area contributed by atoms with Gasteiger partial charge in [0, 0.05) is 6.42 Å². The van der Waals surface area contributed by atoms with E-state index in [1.165, 1.54) is 0 Å². The molecule has 0 aromatic rings. The van der Waals surface area contributed by atoms with Crippen molar-refractivity contribution < 1.29 is 19.4 Å². The SMILES string of the molecule is C#CCOC(=O)C(N)CCC(=O)O. The van der Waals surface area contributed by atoms with Gasteiger partial charge in [-0.25, -0.2) is 0 Å².